The molecular weight excluding hydrogens is 304 g/mol. The third-order valence-corrected chi connectivity index (χ3v) is 3.52. The van der Waals surface area contributed by atoms with Gasteiger partial charge in [0.05, 0.1) is 6.42 Å². The molecule has 0 aliphatic rings. The van der Waals surface area contributed by atoms with Gasteiger partial charge in [-0.05, 0) is 30.2 Å². The first kappa shape index (κ1) is 15.9. The van der Waals surface area contributed by atoms with E-state index in [1.165, 1.54) is 0 Å². The van der Waals surface area contributed by atoms with Crippen LogP contribution in [-0.4, -0.2) is 21.0 Å². The van der Waals surface area contributed by atoms with Crippen molar-refractivity contribution in [2.24, 2.45) is 0 Å². The van der Waals surface area contributed by atoms with Gasteiger partial charge in [-0.1, -0.05) is 30.3 Å². The van der Waals surface area contributed by atoms with Gasteiger partial charge >= 0.3 is 0 Å². The minimum atomic E-state index is 0.00736. The number of para-hydroxylation sites is 1. The molecule has 0 unspecified atom stereocenters. The summed E-state index contributed by atoms with van der Waals surface area (Å²) < 4.78 is 5.34. The molecule has 0 saturated heterocycles. The number of nitrogens with zero attached hydrogens (tertiary/aromatic N) is 3. The van der Waals surface area contributed by atoms with E-state index < -0.39 is 0 Å². The van der Waals surface area contributed by atoms with E-state index in [4.69, 9.17) is 4.52 Å². The second-order valence-electron chi connectivity index (χ2n) is 5.38. The third kappa shape index (κ3) is 3.84. The highest BCUT2D eigenvalue weighted by Crippen LogP contribution is 2.21. The van der Waals surface area contributed by atoms with E-state index in [-0.39, 0.29) is 5.91 Å². The predicted octanol–water partition coefficient (Wildman–Crippen LogP) is 3.46. The molecule has 2 aromatic heterocycles. The lowest BCUT2D eigenvalue weighted by Gasteiger charge is -2.09. The number of benzene rings is 1. The number of anilines is 1. The normalized spacial score (nSPS) is 10.5. The molecule has 0 radical (unpaired) electrons. The molecule has 0 aliphatic carbocycles. The summed E-state index contributed by atoms with van der Waals surface area (Å²) in [5.41, 5.74) is 2.57. The number of carbonyl (C=O) groups excluding carboxylic acids is 1. The summed E-state index contributed by atoms with van der Waals surface area (Å²) in [6.45, 7) is 1.98. The fourth-order valence-electron chi connectivity index (χ4n) is 2.34. The van der Waals surface area contributed by atoms with Crippen molar-refractivity contribution in [3.05, 3.63) is 60.2 Å². The van der Waals surface area contributed by atoms with Crippen LogP contribution in [0.1, 0.15) is 31.2 Å². The minimum absolute atomic E-state index is 0.00736. The molecule has 0 aliphatic heterocycles. The van der Waals surface area contributed by atoms with Gasteiger partial charge in [0.25, 0.3) is 0 Å². The lowest BCUT2D eigenvalue weighted by Crippen LogP contribution is -2.12. The van der Waals surface area contributed by atoms with Crippen LogP contribution in [0.3, 0.4) is 0 Å². The van der Waals surface area contributed by atoms with Crippen molar-refractivity contribution in [3.8, 4) is 11.4 Å². The van der Waals surface area contributed by atoms with Crippen molar-refractivity contribution in [1.82, 2.24) is 15.1 Å². The summed E-state index contributed by atoms with van der Waals surface area (Å²) in [5, 5.41) is 6.93. The number of pyridine rings is 1. The molecule has 0 bridgehead atoms. The van der Waals surface area contributed by atoms with Gasteiger partial charge in [-0.25, -0.2) is 0 Å². The van der Waals surface area contributed by atoms with Gasteiger partial charge in [0.1, 0.15) is 0 Å². The summed E-state index contributed by atoms with van der Waals surface area (Å²) in [6.07, 6.45) is 5.14. The van der Waals surface area contributed by atoms with E-state index in [0.29, 0.717) is 24.6 Å². The molecule has 2 heterocycles. The average molecular weight is 322 g/mol. The highest BCUT2D eigenvalue weighted by molar-refractivity contribution is 5.91. The minimum Gasteiger partial charge on any atom is -0.339 e. The zero-order chi connectivity index (χ0) is 16.8. The summed E-state index contributed by atoms with van der Waals surface area (Å²) in [7, 11) is 0. The third-order valence-electron chi connectivity index (χ3n) is 3.52. The van der Waals surface area contributed by atoms with Crippen LogP contribution in [0, 0.1) is 0 Å². The van der Waals surface area contributed by atoms with Crippen LogP contribution >= 0.6 is 0 Å². The van der Waals surface area contributed by atoms with Crippen LogP contribution in [0.25, 0.3) is 11.4 Å². The van der Waals surface area contributed by atoms with Crippen LogP contribution in [0.2, 0.25) is 0 Å². The Balaban J connectivity index is 1.77. The van der Waals surface area contributed by atoms with E-state index in [0.717, 1.165) is 23.2 Å². The van der Waals surface area contributed by atoms with Gasteiger partial charge < -0.3 is 9.84 Å². The van der Waals surface area contributed by atoms with Crippen LogP contribution < -0.4 is 5.32 Å². The Hall–Kier alpha value is -3.02. The summed E-state index contributed by atoms with van der Waals surface area (Å²) >= 11 is 0. The summed E-state index contributed by atoms with van der Waals surface area (Å²) in [4.78, 5) is 20.2. The maximum absolute atomic E-state index is 11.8. The largest absolute Gasteiger partial charge is 0.339 e. The van der Waals surface area contributed by atoms with Gasteiger partial charge in [0, 0.05) is 30.1 Å². The van der Waals surface area contributed by atoms with Gasteiger partial charge in [-0.15, -0.1) is 0 Å². The molecule has 122 valence electrons. The monoisotopic (exact) mass is 322 g/mol. The topological polar surface area (TPSA) is 80.9 Å². The van der Waals surface area contributed by atoms with E-state index >= 15 is 0 Å². The molecule has 0 atom stereocenters. The van der Waals surface area contributed by atoms with Gasteiger partial charge in [0.2, 0.25) is 17.6 Å². The zero-order valence-electron chi connectivity index (χ0n) is 13.4. The van der Waals surface area contributed by atoms with Crippen LogP contribution in [0.4, 0.5) is 5.69 Å². The van der Waals surface area contributed by atoms with Crippen molar-refractivity contribution >= 4 is 11.6 Å². The molecule has 24 heavy (non-hydrogen) atoms. The van der Waals surface area contributed by atoms with E-state index in [1.807, 2.05) is 43.3 Å². The second-order valence-corrected chi connectivity index (χ2v) is 5.38. The quantitative estimate of drug-likeness (QED) is 0.751. The molecule has 0 spiro atoms. The Bertz CT molecular complexity index is 815. The predicted molar refractivity (Wildman–Crippen MR) is 90.3 cm³/mol. The molecular formula is C18H18N4O2. The zero-order valence-corrected chi connectivity index (χ0v) is 13.4. The second kappa shape index (κ2) is 7.50. The highest BCUT2D eigenvalue weighted by atomic mass is 16.5. The number of aromatic nitrogens is 3. The smallest absolute Gasteiger partial charge is 0.231 e. The van der Waals surface area contributed by atoms with Crippen molar-refractivity contribution in [3.63, 3.8) is 0 Å². The number of hydrogen-bond donors (Lipinski definition) is 1. The van der Waals surface area contributed by atoms with Crippen LogP contribution in [0.15, 0.2) is 53.3 Å². The molecule has 3 aromatic rings. The molecule has 6 heteroatoms. The molecule has 1 N–H and O–H groups in total. The first-order valence-electron chi connectivity index (χ1n) is 7.87. The van der Waals surface area contributed by atoms with E-state index in [2.05, 4.69) is 20.4 Å². The molecule has 1 aromatic carbocycles. The van der Waals surface area contributed by atoms with E-state index in [9.17, 15) is 4.79 Å². The summed E-state index contributed by atoms with van der Waals surface area (Å²) in [6, 6.07) is 11.3. The number of nitrogens with one attached hydrogen (secondary N) is 1. The maximum atomic E-state index is 11.8. The average Bonchev–Trinajstić information content (AvgIpc) is 3.06. The Kier molecular flexibility index (Phi) is 4.96. The highest BCUT2D eigenvalue weighted by Gasteiger charge is 2.12. The van der Waals surface area contributed by atoms with Crippen LogP contribution in [0.5, 0.6) is 0 Å². The Morgan fingerprint density at radius 2 is 1.96 bits per heavy atom. The first-order chi connectivity index (χ1) is 11.8. The number of hydrogen-bond acceptors (Lipinski definition) is 5. The fourth-order valence-corrected chi connectivity index (χ4v) is 2.34. The molecule has 1 amide bonds. The Morgan fingerprint density at radius 3 is 2.75 bits per heavy atom. The van der Waals surface area contributed by atoms with Crippen molar-refractivity contribution in [1.29, 1.82) is 0 Å². The lowest BCUT2D eigenvalue weighted by atomic mass is 10.1. The number of rotatable bonds is 6. The SMILES string of the molecule is CCCC(=O)Nc1ccccc1Cc1nc(-c2ccncc2)no1. The molecule has 0 saturated carbocycles. The number of carbonyl (C=O) groups is 1. The summed E-state index contributed by atoms with van der Waals surface area (Å²) in [5.74, 6) is 1.03. The van der Waals surface area contributed by atoms with Gasteiger partial charge in [-0.2, -0.15) is 4.98 Å². The standard InChI is InChI=1S/C18H18N4O2/c1-2-5-16(23)20-15-7-4-3-6-14(15)12-17-21-18(22-24-17)13-8-10-19-11-9-13/h3-4,6-11H,2,5,12H2,1H3,(H,20,23). The van der Waals surface area contributed by atoms with Crippen molar-refractivity contribution in [2.45, 2.75) is 26.2 Å². The van der Waals surface area contributed by atoms with E-state index in [1.54, 1.807) is 12.4 Å². The fraction of sp³-hybridized carbons (Fsp3) is 0.222. The van der Waals surface area contributed by atoms with Gasteiger partial charge in [0.15, 0.2) is 0 Å². The molecule has 6 nitrogen and oxygen atoms in total. The van der Waals surface area contributed by atoms with Crippen molar-refractivity contribution in [2.75, 3.05) is 5.32 Å². The maximum Gasteiger partial charge on any atom is 0.231 e. The molecule has 3 rings (SSSR count). The Morgan fingerprint density at radius 1 is 1.17 bits per heavy atom. The van der Waals surface area contributed by atoms with Crippen molar-refractivity contribution < 1.29 is 9.32 Å². The Labute approximate surface area is 139 Å². The van der Waals surface area contributed by atoms with Gasteiger partial charge in [-0.3, -0.25) is 9.78 Å². The molecule has 0 fully saturated rings. The first-order valence-corrected chi connectivity index (χ1v) is 7.87. The lowest BCUT2D eigenvalue weighted by molar-refractivity contribution is -0.116. The van der Waals surface area contributed by atoms with Crippen LogP contribution in [-0.2, 0) is 11.2 Å². The number of amides is 1.